The molecule has 1 unspecified atom stereocenters. The van der Waals surface area contributed by atoms with Gasteiger partial charge in [0.2, 0.25) is 0 Å². The van der Waals surface area contributed by atoms with Crippen molar-refractivity contribution in [2.45, 2.75) is 135 Å². The molecule has 0 amide bonds. The van der Waals surface area contributed by atoms with Crippen molar-refractivity contribution in [1.82, 2.24) is 0 Å². The fourth-order valence-corrected chi connectivity index (χ4v) is 10.4. The van der Waals surface area contributed by atoms with Gasteiger partial charge in [-0.1, -0.05) is 95.6 Å². The van der Waals surface area contributed by atoms with Crippen LogP contribution in [0.4, 0.5) is 0 Å². The molecule has 0 spiro atoms. The molecule has 3 saturated carbocycles. The van der Waals surface area contributed by atoms with Crippen LogP contribution in [-0.2, 0) is 4.79 Å². The average molecular weight is 497 g/mol. The molecule has 0 saturated heterocycles. The van der Waals surface area contributed by atoms with Crippen molar-refractivity contribution in [3.63, 3.8) is 0 Å². The Bertz CT molecular complexity index is 917. The van der Waals surface area contributed by atoms with Gasteiger partial charge in [0.25, 0.3) is 0 Å². The second-order valence-corrected chi connectivity index (χ2v) is 17.2. The molecule has 0 radical (unpaired) electrons. The summed E-state index contributed by atoms with van der Waals surface area (Å²) in [6.45, 7) is 32.3. The van der Waals surface area contributed by atoms with Gasteiger partial charge in [0.05, 0.1) is 0 Å². The maximum Gasteiger partial charge on any atom is 0.162 e. The largest absolute Gasteiger partial charge is 0.294 e. The van der Waals surface area contributed by atoms with Crippen molar-refractivity contribution in [3.05, 3.63) is 11.6 Å². The van der Waals surface area contributed by atoms with Crippen molar-refractivity contribution < 1.29 is 4.79 Å². The first-order valence-electron chi connectivity index (χ1n) is 15.5. The van der Waals surface area contributed by atoms with Crippen LogP contribution in [0.25, 0.3) is 0 Å². The van der Waals surface area contributed by atoms with Crippen LogP contribution in [0.3, 0.4) is 0 Å². The molecule has 36 heavy (non-hydrogen) atoms. The number of carbonyl (C=O) groups is 1. The Morgan fingerprint density at radius 1 is 0.833 bits per heavy atom. The van der Waals surface area contributed by atoms with Gasteiger partial charge >= 0.3 is 0 Å². The van der Waals surface area contributed by atoms with Gasteiger partial charge in [0.1, 0.15) is 0 Å². The lowest BCUT2D eigenvalue weighted by Gasteiger charge is -2.65. The third kappa shape index (κ3) is 3.70. The van der Waals surface area contributed by atoms with Crippen LogP contribution >= 0.6 is 0 Å². The molecule has 10 atom stereocenters. The summed E-state index contributed by atoms with van der Waals surface area (Å²) < 4.78 is 0. The number of rotatable bonds is 4. The summed E-state index contributed by atoms with van der Waals surface area (Å²) in [5.41, 5.74) is 2.57. The Balaban J connectivity index is 1.70. The zero-order valence-corrected chi connectivity index (χ0v) is 26.4. The lowest BCUT2D eigenvalue weighted by Crippen LogP contribution is -2.60. The predicted octanol–water partition coefficient (Wildman–Crippen LogP) is 10.1. The minimum atomic E-state index is -0.188. The van der Waals surface area contributed by atoms with Crippen molar-refractivity contribution in [1.29, 1.82) is 0 Å². The van der Waals surface area contributed by atoms with E-state index >= 15 is 0 Å². The van der Waals surface area contributed by atoms with Crippen molar-refractivity contribution in [3.8, 4) is 0 Å². The average Bonchev–Trinajstić information content (AvgIpc) is 3.03. The summed E-state index contributed by atoms with van der Waals surface area (Å²) in [7, 11) is 0. The van der Waals surface area contributed by atoms with E-state index in [1.807, 2.05) is 0 Å². The van der Waals surface area contributed by atoms with Crippen LogP contribution in [0.1, 0.15) is 135 Å². The van der Waals surface area contributed by atoms with E-state index in [0.29, 0.717) is 46.2 Å². The van der Waals surface area contributed by atoms with Gasteiger partial charge in [0, 0.05) is 5.41 Å². The topological polar surface area (TPSA) is 17.1 Å². The molecular formula is C35H60O. The second-order valence-electron chi connectivity index (χ2n) is 17.2. The molecule has 1 nitrogen and oxygen atoms in total. The van der Waals surface area contributed by atoms with E-state index in [-0.39, 0.29) is 21.7 Å². The fraction of sp³-hybridized carbons (Fsp3) is 0.914. The Morgan fingerprint density at radius 2 is 1.42 bits per heavy atom. The van der Waals surface area contributed by atoms with E-state index in [1.54, 1.807) is 5.57 Å². The van der Waals surface area contributed by atoms with Gasteiger partial charge in [-0.05, 0) is 114 Å². The molecule has 3 fully saturated rings. The van der Waals surface area contributed by atoms with Crippen molar-refractivity contribution >= 4 is 5.78 Å². The van der Waals surface area contributed by atoms with Crippen molar-refractivity contribution in [2.24, 2.45) is 68.0 Å². The van der Waals surface area contributed by atoms with Crippen LogP contribution < -0.4 is 0 Å². The number of hydrogen-bond donors (Lipinski definition) is 0. The Kier molecular flexibility index (Phi) is 6.67. The minimum Gasteiger partial charge on any atom is -0.294 e. The van der Waals surface area contributed by atoms with Gasteiger partial charge in [-0.2, -0.15) is 0 Å². The number of hydrogen-bond acceptors (Lipinski definition) is 1. The van der Waals surface area contributed by atoms with Gasteiger partial charge in [-0.25, -0.2) is 0 Å². The van der Waals surface area contributed by atoms with Crippen molar-refractivity contribution in [2.75, 3.05) is 0 Å². The first-order chi connectivity index (χ1) is 16.3. The maximum atomic E-state index is 14.0. The van der Waals surface area contributed by atoms with Gasteiger partial charge in [0.15, 0.2) is 5.78 Å². The molecule has 0 aliphatic heterocycles. The molecule has 4 aliphatic rings. The lowest BCUT2D eigenvalue weighted by atomic mass is 9.38. The van der Waals surface area contributed by atoms with E-state index in [9.17, 15) is 4.79 Å². The highest BCUT2D eigenvalue weighted by molar-refractivity contribution is 5.97. The minimum absolute atomic E-state index is 0.105. The first kappa shape index (κ1) is 28.4. The second kappa shape index (κ2) is 8.45. The lowest BCUT2D eigenvalue weighted by molar-refractivity contribution is -0.152. The smallest absolute Gasteiger partial charge is 0.162 e. The molecule has 0 aromatic heterocycles. The standard InChI is InChI=1S/C35H60O/c1-22-20-34(12)26-14-16-33(11)28(31(8,9)25(4)18-24(3)30(5,6)7)15-17-32(33,10)27(26)19-29(36)35(34,13)21-23(22)2/h19,22-26,28H,14-18,20-21H2,1-13H3/t22-,23+,24+,25+,26?,28+,32-,33+,34+,35-/m0/s1. The van der Waals surface area contributed by atoms with Crippen LogP contribution in [0.2, 0.25) is 0 Å². The van der Waals surface area contributed by atoms with E-state index < -0.39 is 0 Å². The molecule has 0 bridgehead atoms. The highest BCUT2D eigenvalue weighted by atomic mass is 16.1. The summed E-state index contributed by atoms with van der Waals surface area (Å²) in [5, 5.41) is 0. The number of fused-ring (bicyclic) bond motifs is 5. The third-order valence-corrected chi connectivity index (χ3v) is 14.6. The zero-order valence-electron chi connectivity index (χ0n) is 26.4. The summed E-state index contributed by atoms with van der Waals surface area (Å²) >= 11 is 0. The van der Waals surface area contributed by atoms with E-state index in [2.05, 4.69) is 96.1 Å². The van der Waals surface area contributed by atoms with E-state index in [0.717, 1.165) is 12.3 Å². The molecule has 0 N–H and O–H groups in total. The van der Waals surface area contributed by atoms with Gasteiger partial charge in [-0.15, -0.1) is 0 Å². The highest BCUT2D eigenvalue weighted by Gasteiger charge is 2.68. The molecule has 0 aromatic carbocycles. The van der Waals surface area contributed by atoms with Gasteiger partial charge < -0.3 is 0 Å². The quantitative estimate of drug-likeness (QED) is 0.378. The maximum absolute atomic E-state index is 14.0. The summed E-state index contributed by atoms with van der Waals surface area (Å²) in [6.07, 6.45) is 11.0. The Labute approximate surface area is 225 Å². The zero-order chi connectivity index (χ0) is 27.3. The van der Waals surface area contributed by atoms with Crippen LogP contribution in [0.5, 0.6) is 0 Å². The van der Waals surface area contributed by atoms with Gasteiger partial charge in [-0.3, -0.25) is 4.79 Å². The molecule has 0 heterocycles. The first-order valence-corrected chi connectivity index (χ1v) is 15.5. The molecule has 0 aromatic rings. The Morgan fingerprint density at radius 3 is 2.00 bits per heavy atom. The monoisotopic (exact) mass is 496 g/mol. The summed E-state index contributed by atoms with van der Waals surface area (Å²) in [4.78, 5) is 14.0. The van der Waals surface area contributed by atoms with Crippen LogP contribution in [-0.4, -0.2) is 5.78 Å². The molecule has 4 rings (SSSR count). The number of allylic oxidation sites excluding steroid dienone is 2. The van der Waals surface area contributed by atoms with E-state index in [4.69, 9.17) is 0 Å². The van der Waals surface area contributed by atoms with Crippen LogP contribution in [0.15, 0.2) is 11.6 Å². The molecule has 206 valence electrons. The number of ketones is 1. The number of carbonyl (C=O) groups excluding carboxylic acids is 1. The SMILES string of the molecule is C[C@@H]1C[C@@]2(C)C(=O)C=C3C(CC[C@]4(C)[C@@H](C(C)(C)[C@H](C)C[C@@H](C)C(C)(C)C)CC[C@@]34C)[C@@]2(C)C[C@@H]1C. The molecule has 4 aliphatic carbocycles. The molecule has 1 heteroatoms. The Hall–Kier alpha value is -0.590. The third-order valence-electron chi connectivity index (χ3n) is 14.6. The summed E-state index contributed by atoms with van der Waals surface area (Å²) in [5.74, 6) is 4.49. The van der Waals surface area contributed by atoms with Crippen LogP contribution in [0, 0.1) is 68.0 Å². The highest BCUT2D eigenvalue weighted by Crippen LogP contribution is 2.75. The normalized spacial score (nSPS) is 46.9. The molecular weight excluding hydrogens is 436 g/mol. The predicted molar refractivity (Wildman–Crippen MR) is 155 cm³/mol. The summed E-state index contributed by atoms with van der Waals surface area (Å²) in [6, 6.07) is 0. The fourth-order valence-electron chi connectivity index (χ4n) is 10.4. The van der Waals surface area contributed by atoms with E-state index in [1.165, 1.54) is 38.5 Å².